The second-order valence-electron chi connectivity index (χ2n) is 5.53. The number of benzene rings is 1. The second kappa shape index (κ2) is 6.73. The van der Waals surface area contributed by atoms with E-state index in [9.17, 15) is 0 Å². The van der Waals surface area contributed by atoms with Gasteiger partial charge in [-0.15, -0.1) is 0 Å². The lowest BCUT2D eigenvalue weighted by Gasteiger charge is -2.37. The van der Waals surface area contributed by atoms with E-state index in [1.807, 2.05) is 30.1 Å². The molecule has 0 aliphatic carbocycles. The maximum Gasteiger partial charge on any atom is 0.228 e. The molecule has 122 valence electrons. The van der Waals surface area contributed by atoms with Gasteiger partial charge in [-0.2, -0.15) is 4.98 Å². The third-order valence-corrected chi connectivity index (χ3v) is 3.95. The lowest BCUT2D eigenvalue weighted by molar-refractivity contribution is 0.199. The highest BCUT2D eigenvalue weighted by Crippen LogP contribution is 2.33. The van der Waals surface area contributed by atoms with Crippen LogP contribution in [-0.4, -0.2) is 49.9 Å². The van der Waals surface area contributed by atoms with Crippen molar-refractivity contribution in [2.45, 2.75) is 13.0 Å². The highest BCUT2D eigenvalue weighted by molar-refractivity contribution is 5.60. The second-order valence-corrected chi connectivity index (χ2v) is 5.53. The number of para-hydroxylation sites is 2. The molecule has 3 rings (SSSR count). The zero-order chi connectivity index (χ0) is 16.2. The number of rotatable bonds is 5. The zero-order valence-electron chi connectivity index (χ0n) is 13.8. The van der Waals surface area contributed by atoms with Gasteiger partial charge in [-0.3, -0.25) is 0 Å². The molecule has 0 radical (unpaired) electrons. The molecule has 0 saturated carbocycles. The number of aromatic nitrogens is 2. The summed E-state index contributed by atoms with van der Waals surface area (Å²) in [5, 5.41) is 0. The molecule has 0 fully saturated rings. The van der Waals surface area contributed by atoms with Crippen LogP contribution in [0.4, 0.5) is 11.6 Å². The summed E-state index contributed by atoms with van der Waals surface area (Å²) in [6.07, 6.45) is 1.76. The SMILES string of the molecule is CCN1C[C@@H](CN(C)c2nccc(OC)n2)Oc2ccccc21. The van der Waals surface area contributed by atoms with E-state index >= 15 is 0 Å². The highest BCUT2D eigenvalue weighted by atomic mass is 16.5. The van der Waals surface area contributed by atoms with Gasteiger partial charge in [-0.25, -0.2) is 4.98 Å². The van der Waals surface area contributed by atoms with Gasteiger partial charge in [-0.1, -0.05) is 12.1 Å². The molecule has 23 heavy (non-hydrogen) atoms. The summed E-state index contributed by atoms with van der Waals surface area (Å²) in [6, 6.07) is 9.91. The largest absolute Gasteiger partial charge is 0.485 e. The Labute approximate surface area is 136 Å². The Morgan fingerprint density at radius 3 is 2.96 bits per heavy atom. The van der Waals surface area contributed by atoms with Gasteiger partial charge in [0.25, 0.3) is 0 Å². The third-order valence-electron chi connectivity index (χ3n) is 3.95. The van der Waals surface area contributed by atoms with E-state index < -0.39 is 0 Å². The van der Waals surface area contributed by atoms with Crippen molar-refractivity contribution < 1.29 is 9.47 Å². The topological polar surface area (TPSA) is 50.7 Å². The molecule has 1 aliphatic rings. The van der Waals surface area contributed by atoms with Gasteiger partial charge in [0.05, 0.1) is 25.9 Å². The number of likely N-dealkylation sites (N-methyl/N-ethyl adjacent to an activating group) is 2. The fourth-order valence-corrected chi connectivity index (χ4v) is 2.79. The molecule has 0 saturated heterocycles. The first-order chi connectivity index (χ1) is 11.2. The van der Waals surface area contributed by atoms with Crippen molar-refractivity contribution in [2.75, 3.05) is 43.6 Å². The molecule has 0 bridgehead atoms. The fourth-order valence-electron chi connectivity index (χ4n) is 2.79. The van der Waals surface area contributed by atoms with Crippen LogP contribution in [-0.2, 0) is 0 Å². The standard InChI is InChI=1S/C17H22N4O2/c1-4-21-12-13(23-15-8-6-5-7-14(15)21)11-20(2)17-18-10-9-16(19-17)22-3/h5-10,13H,4,11-12H2,1-3H3/t13-/m1/s1. The summed E-state index contributed by atoms with van der Waals surface area (Å²) in [4.78, 5) is 13.0. The molecule has 0 N–H and O–H groups in total. The van der Waals surface area contributed by atoms with E-state index in [-0.39, 0.29) is 6.10 Å². The lowest BCUT2D eigenvalue weighted by atomic mass is 10.2. The predicted octanol–water partition coefficient (Wildman–Crippen LogP) is 2.21. The molecule has 1 aromatic heterocycles. The molecule has 6 nitrogen and oxygen atoms in total. The van der Waals surface area contributed by atoms with Crippen LogP contribution in [0.2, 0.25) is 0 Å². The Kier molecular flexibility index (Phi) is 4.50. The summed E-state index contributed by atoms with van der Waals surface area (Å²) in [5.74, 6) is 2.13. The normalized spacial score (nSPS) is 16.5. The van der Waals surface area contributed by atoms with Crippen LogP contribution in [0, 0.1) is 0 Å². The number of ether oxygens (including phenoxy) is 2. The molecular formula is C17H22N4O2. The van der Waals surface area contributed by atoms with E-state index in [1.165, 1.54) is 0 Å². The Morgan fingerprint density at radius 1 is 1.35 bits per heavy atom. The maximum atomic E-state index is 6.14. The molecule has 0 amide bonds. The number of hydrogen-bond acceptors (Lipinski definition) is 6. The maximum absolute atomic E-state index is 6.14. The molecule has 0 spiro atoms. The van der Waals surface area contributed by atoms with Gasteiger partial charge in [0.1, 0.15) is 11.9 Å². The van der Waals surface area contributed by atoms with Crippen LogP contribution < -0.4 is 19.3 Å². The lowest BCUT2D eigenvalue weighted by Crippen LogP contribution is -2.46. The first kappa shape index (κ1) is 15.4. The summed E-state index contributed by atoms with van der Waals surface area (Å²) in [7, 11) is 3.57. The molecule has 2 heterocycles. The quantitative estimate of drug-likeness (QED) is 0.843. The van der Waals surface area contributed by atoms with Gasteiger partial charge in [-0.05, 0) is 19.1 Å². The highest BCUT2D eigenvalue weighted by Gasteiger charge is 2.26. The minimum Gasteiger partial charge on any atom is -0.485 e. The van der Waals surface area contributed by atoms with Crippen LogP contribution in [0.25, 0.3) is 0 Å². The van der Waals surface area contributed by atoms with Gasteiger partial charge in [0.2, 0.25) is 11.8 Å². The Bertz CT molecular complexity index is 665. The van der Waals surface area contributed by atoms with Gasteiger partial charge < -0.3 is 19.3 Å². The number of methoxy groups -OCH3 is 1. The van der Waals surface area contributed by atoms with Crippen LogP contribution in [0.5, 0.6) is 11.6 Å². The van der Waals surface area contributed by atoms with E-state index in [2.05, 4.69) is 27.9 Å². The van der Waals surface area contributed by atoms with Crippen molar-refractivity contribution in [3.05, 3.63) is 36.5 Å². The van der Waals surface area contributed by atoms with Crippen LogP contribution in [0.3, 0.4) is 0 Å². The van der Waals surface area contributed by atoms with E-state index in [4.69, 9.17) is 9.47 Å². The van der Waals surface area contributed by atoms with E-state index in [0.29, 0.717) is 18.4 Å². The Morgan fingerprint density at radius 2 is 2.17 bits per heavy atom. The van der Waals surface area contributed by atoms with Crippen molar-refractivity contribution >= 4 is 11.6 Å². The molecule has 1 aliphatic heterocycles. The molecule has 2 aromatic rings. The number of nitrogens with zero attached hydrogens (tertiary/aromatic N) is 4. The zero-order valence-corrected chi connectivity index (χ0v) is 13.8. The first-order valence-electron chi connectivity index (χ1n) is 7.80. The number of fused-ring (bicyclic) bond motifs is 1. The fraction of sp³-hybridized carbons (Fsp3) is 0.412. The summed E-state index contributed by atoms with van der Waals surface area (Å²) in [5.41, 5.74) is 1.16. The van der Waals surface area contributed by atoms with Crippen LogP contribution in [0.15, 0.2) is 36.5 Å². The van der Waals surface area contributed by atoms with Crippen molar-refractivity contribution in [1.82, 2.24) is 9.97 Å². The van der Waals surface area contributed by atoms with Gasteiger partial charge in [0, 0.05) is 25.9 Å². The van der Waals surface area contributed by atoms with Crippen LogP contribution in [0.1, 0.15) is 6.92 Å². The minimum absolute atomic E-state index is 0.0599. The monoisotopic (exact) mass is 314 g/mol. The van der Waals surface area contributed by atoms with Crippen molar-refractivity contribution in [3.8, 4) is 11.6 Å². The van der Waals surface area contributed by atoms with Gasteiger partial charge >= 0.3 is 0 Å². The molecule has 0 unspecified atom stereocenters. The van der Waals surface area contributed by atoms with Crippen molar-refractivity contribution in [2.24, 2.45) is 0 Å². The van der Waals surface area contributed by atoms with Crippen molar-refractivity contribution in [3.63, 3.8) is 0 Å². The average Bonchev–Trinajstić information content (AvgIpc) is 2.61. The van der Waals surface area contributed by atoms with E-state index in [1.54, 1.807) is 19.4 Å². The molecule has 6 heteroatoms. The smallest absolute Gasteiger partial charge is 0.228 e. The van der Waals surface area contributed by atoms with E-state index in [0.717, 1.165) is 24.5 Å². The van der Waals surface area contributed by atoms with Gasteiger partial charge in [0.15, 0.2) is 0 Å². The Hall–Kier alpha value is -2.50. The minimum atomic E-state index is 0.0599. The summed E-state index contributed by atoms with van der Waals surface area (Å²) in [6.45, 7) is 4.67. The Balaban J connectivity index is 1.73. The predicted molar refractivity (Wildman–Crippen MR) is 90.6 cm³/mol. The third kappa shape index (κ3) is 3.31. The molecule has 1 aromatic carbocycles. The molecular weight excluding hydrogens is 292 g/mol. The summed E-state index contributed by atoms with van der Waals surface area (Å²) >= 11 is 0. The molecule has 1 atom stereocenters. The van der Waals surface area contributed by atoms with Crippen molar-refractivity contribution in [1.29, 1.82) is 0 Å². The van der Waals surface area contributed by atoms with Crippen LogP contribution >= 0.6 is 0 Å². The first-order valence-corrected chi connectivity index (χ1v) is 7.80. The number of anilines is 2. The number of hydrogen-bond donors (Lipinski definition) is 0. The average molecular weight is 314 g/mol. The summed E-state index contributed by atoms with van der Waals surface area (Å²) < 4.78 is 11.3.